The Morgan fingerprint density at radius 3 is 2.47 bits per heavy atom. The third kappa shape index (κ3) is 5.18. The van der Waals surface area contributed by atoms with Crippen molar-refractivity contribution in [2.24, 2.45) is 0 Å². The van der Waals surface area contributed by atoms with Crippen molar-refractivity contribution in [1.82, 2.24) is 18.8 Å². The molecule has 2 aromatic carbocycles. The van der Waals surface area contributed by atoms with Gasteiger partial charge in [-0.2, -0.15) is 4.31 Å². The maximum atomic E-state index is 13.0. The van der Waals surface area contributed by atoms with Crippen molar-refractivity contribution in [2.75, 3.05) is 20.1 Å². The molecule has 0 N–H and O–H groups in total. The van der Waals surface area contributed by atoms with E-state index in [0.29, 0.717) is 42.9 Å². The molecule has 1 fully saturated rings. The molecule has 1 aliphatic heterocycles. The molecular formula is C26H34N4O3S. The van der Waals surface area contributed by atoms with Crippen LogP contribution in [0, 0.1) is 6.92 Å². The molecule has 3 aromatic rings. The lowest BCUT2D eigenvalue weighted by Gasteiger charge is -2.17. The summed E-state index contributed by atoms with van der Waals surface area (Å²) in [6.07, 6.45) is 3.61. The minimum Gasteiger partial charge on any atom is -0.341 e. The van der Waals surface area contributed by atoms with E-state index in [2.05, 4.69) is 23.6 Å². The van der Waals surface area contributed by atoms with Crippen molar-refractivity contribution < 1.29 is 13.2 Å². The number of carbonyl (C=O) groups is 1. The number of imidazole rings is 1. The Bertz CT molecular complexity index is 1260. The Hall–Kier alpha value is -2.71. The lowest BCUT2D eigenvalue weighted by atomic mass is 10.1. The lowest BCUT2D eigenvalue weighted by Crippen LogP contribution is -2.27. The van der Waals surface area contributed by atoms with Crippen LogP contribution in [0.3, 0.4) is 0 Å². The van der Waals surface area contributed by atoms with E-state index in [4.69, 9.17) is 4.98 Å². The van der Waals surface area contributed by atoms with E-state index in [9.17, 15) is 13.2 Å². The van der Waals surface area contributed by atoms with Gasteiger partial charge in [-0.3, -0.25) is 4.79 Å². The van der Waals surface area contributed by atoms with Gasteiger partial charge in [0.15, 0.2) is 0 Å². The topological polar surface area (TPSA) is 75.5 Å². The van der Waals surface area contributed by atoms with Gasteiger partial charge < -0.3 is 9.47 Å². The number of amides is 1. The van der Waals surface area contributed by atoms with Gasteiger partial charge in [0.05, 0.1) is 15.9 Å². The number of nitrogens with zero attached hydrogens (tertiary/aromatic N) is 4. The average Bonchev–Trinajstić information content (AvgIpc) is 3.48. The summed E-state index contributed by atoms with van der Waals surface area (Å²) < 4.78 is 29.7. The van der Waals surface area contributed by atoms with Crippen molar-refractivity contribution in [2.45, 2.75) is 63.9 Å². The van der Waals surface area contributed by atoms with Crippen LogP contribution >= 0.6 is 0 Å². The molecule has 0 saturated carbocycles. The SMILES string of the molecule is CCCn1c(CCC(=O)N(C)Cc2ccc(C)cc2)nc2cc(S(=O)(=O)N3CCCC3)ccc21. The van der Waals surface area contributed by atoms with Crippen LogP contribution in [-0.2, 0) is 34.3 Å². The largest absolute Gasteiger partial charge is 0.341 e. The molecule has 1 saturated heterocycles. The van der Waals surface area contributed by atoms with Crippen LogP contribution in [0.15, 0.2) is 47.4 Å². The zero-order valence-electron chi connectivity index (χ0n) is 20.3. The molecule has 1 amide bonds. The summed E-state index contributed by atoms with van der Waals surface area (Å²) in [5.41, 5.74) is 3.89. The zero-order chi connectivity index (χ0) is 24.3. The predicted molar refractivity (Wildman–Crippen MR) is 134 cm³/mol. The zero-order valence-corrected chi connectivity index (χ0v) is 21.1. The van der Waals surface area contributed by atoms with E-state index in [0.717, 1.165) is 42.7 Å². The molecule has 1 aliphatic rings. The van der Waals surface area contributed by atoms with Crippen molar-refractivity contribution in [3.63, 3.8) is 0 Å². The van der Waals surface area contributed by atoms with Crippen molar-refractivity contribution in [3.05, 3.63) is 59.4 Å². The highest BCUT2D eigenvalue weighted by Gasteiger charge is 2.28. The molecular weight excluding hydrogens is 448 g/mol. The lowest BCUT2D eigenvalue weighted by molar-refractivity contribution is -0.130. The van der Waals surface area contributed by atoms with Crippen molar-refractivity contribution in [1.29, 1.82) is 0 Å². The van der Waals surface area contributed by atoms with Gasteiger partial charge in [0.2, 0.25) is 15.9 Å². The molecule has 8 heteroatoms. The Kier molecular flexibility index (Phi) is 7.38. The second-order valence-electron chi connectivity index (χ2n) is 9.18. The first-order chi connectivity index (χ1) is 16.3. The second-order valence-corrected chi connectivity index (χ2v) is 11.1. The third-order valence-corrected chi connectivity index (χ3v) is 8.37. The summed E-state index contributed by atoms with van der Waals surface area (Å²) in [6, 6.07) is 13.4. The fourth-order valence-corrected chi connectivity index (χ4v) is 6.06. The third-order valence-electron chi connectivity index (χ3n) is 6.48. The fraction of sp³-hybridized carbons (Fsp3) is 0.462. The number of sulfonamides is 1. The number of aromatic nitrogens is 2. The van der Waals surface area contributed by atoms with Crippen LogP contribution in [0.1, 0.15) is 49.6 Å². The van der Waals surface area contributed by atoms with Gasteiger partial charge in [-0.1, -0.05) is 36.8 Å². The Labute approximate surface area is 202 Å². The predicted octanol–water partition coefficient (Wildman–Crippen LogP) is 4.13. The Balaban J connectivity index is 1.51. The van der Waals surface area contributed by atoms with Crippen molar-refractivity contribution in [3.8, 4) is 0 Å². The maximum Gasteiger partial charge on any atom is 0.243 e. The monoisotopic (exact) mass is 482 g/mol. The van der Waals surface area contributed by atoms with Crippen LogP contribution in [0.5, 0.6) is 0 Å². The number of aryl methyl sites for hydroxylation is 3. The minimum absolute atomic E-state index is 0.0629. The molecule has 2 heterocycles. The van der Waals surface area contributed by atoms with Gasteiger partial charge in [-0.05, 0) is 49.9 Å². The van der Waals surface area contributed by atoms with E-state index in [-0.39, 0.29) is 5.91 Å². The molecule has 7 nitrogen and oxygen atoms in total. The molecule has 0 spiro atoms. The maximum absolute atomic E-state index is 13.0. The first-order valence-electron chi connectivity index (χ1n) is 12.1. The quantitative estimate of drug-likeness (QED) is 0.460. The highest BCUT2D eigenvalue weighted by atomic mass is 32.2. The van der Waals surface area contributed by atoms with Crippen LogP contribution in [-0.4, -0.2) is 53.2 Å². The number of carbonyl (C=O) groups excluding carboxylic acids is 1. The molecule has 1 aromatic heterocycles. The van der Waals surface area contributed by atoms with Crippen molar-refractivity contribution >= 4 is 27.0 Å². The number of benzene rings is 2. The highest BCUT2D eigenvalue weighted by molar-refractivity contribution is 7.89. The van der Waals surface area contributed by atoms with Gasteiger partial charge in [0, 0.05) is 46.1 Å². The summed E-state index contributed by atoms with van der Waals surface area (Å²) in [5, 5.41) is 0. The molecule has 34 heavy (non-hydrogen) atoms. The van der Waals surface area contributed by atoms with Crippen LogP contribution in [0.4, 0.5) is 0 Å². The highest BCUT2D eigenvalue weighted by Crippen LogP contribution is 2.26. The van der Waals surface area contributed by atoms with E-state index in [1.165, 1.54) is 5.56 Å². The number of hydrogen-bond donors (Lipinski definition) is 0. The summed E-state index contributed by atoms with van der Waals surface area (Å²) in [4.78, 5) is 19.6. The number of rotatable bonds is 9. The van der Waals surface area contributed by atoms with E-state index >= 15 is 0 Å². The van der Waals surface area contributed by atoms with E-state index in [1.807, 2.05) is 32.2 Å². The molecule has 0 atom stereocenters. The molecule has 182 valence electrons. The molecule has 0 unspecified atom stereocenters. The first-order valence-corrected chi connectivity index (χ1v) is 13.5. The minimum atomic E-state index is -3.49. The summed E-state index contributed by atoms with van der Waals surface area (Å²) in [7, 11) is -1.67. The standard InChI is InChI=1S/C26H34N4O3S/c1-4-15-30-24-12-11-22(34(32,33)29-16-5-6-17-29)18-23(24)27-25(30)13-14-26(31)28(3)19-21-9-7-20(2)8-10-21/h7-12,18H,4-6,13-17,19H2,1-3H3. The van der Waals surface area contributed by atoms with Crippen LogP contribution in [0.2, 0.25) is 0 Å². The first kappa shape index (κ1) is 24.4. The van der Waals surface area contributed by atoms with Crippen LogP contribution < -0.4 is 0 Å². The Morgan fingerprint density at radius 1 is 1.09 bits per heavy atom. The second kappa shape index (κ2) is 10.3. The Morgan fingerprint density at radius 2 is 1.79 bits per heavy atom. The summed E-state index contributed by atoms with van der Waals surface area (Å²) in [6.45, 7) is 6.65. The fourth-order valence-electron chi connectivity index (χ4n) is 4.53. The van der Waals surface area contributed by atoms with Gasteiger partial charge >= 0.3 is 0 Å². The molecule has 4 rings (SSSR count). The van der Waals surface area contributed by atoms with Gasteiger partial charge in [0.1, 0.15) is 5.82 Å². The molecule has 0 aliphatic carbocycles. The van der Waals surface area contributed by atoms with E-state index < -0.39 is 10.0 Å². The summed E-state index contributed by atoms with van der Waals surface area (Å²) >= 11 is 0. The molecule has 0 radical (unpaired) electrons. The average molecular weight is 483 g/mol. The van der Waals surface area contributed by atoms with Gasteiger partial charge in [-0.15, -0.1) is 0 Å². The molecule has 0 bridgehead atoms. The number of hydrogen-bond acceptors (Lipinski definition) is 4. The van der Waals surface area contributed by atoms with Gasteiger partial charge in [0.25, 0.3) is 0 Å². The normalized spacial score (nSPS) is 14.7. The summed E-state index contributed by atoms with van der Waals surface area (Å²) in [5.74, 6) is 0.887. The van der Waals surface area contributed by atoms with E-state index in [1.54, 1.807) is 21.3 Å². The smallest absolute Gasteiger partial charge is 0.243 e. The number of fused-ring (bicyclic) bond motifs is 1. The van der Waals surface area contributed by atoms with Crippen LogP contribution in [0.25, 0.3) is 11.0 Å². The van der Waals surface area contributed by atoms with Gasteiger partial charge in [-0.25, -0.2) is 13.4 Å².